The number of imidazole rings is 1. The van der Waals surface area contributed by atoms with Crippen LogP contribution in [0, 0.1) is 6.92 Å². The van der Waals surface area contributed by atoms with Gasteiger partial charge in [0.25, 0.3) is 0 Å². The van der Waals surface area contributed by atoms with E-state index in [-0.39, 0.29) is 6.10 Å². The highest BCUT2D eigenvalue weighted by molar-refractivity contribution is 5.51. The Kier molecular flexibility index (Phi) is 3.94. The van der Waals surface area contributed by atoms with Crippen LogP contribution >= 0.6 is 0 Å². The van der Waals surface area contributed by atoms with Gasteiger partial charge in [-0.2, -0.15) is 0 Å². The van der Waals surface area contributed by atoms with Crippen LogP contribution in [0.1, 0.15) is 24.1 Å². The molecule has 1 aromatic carbocycles. The van der Waals surface area contributed by atoms with Gasteiger partial charge in [-0.25, -0.2) is 4.98 Å². The number of rotatable bonds is 3. The number of aliphatic hydroxyl groups excluding tert-OH is 1. The maximum atomic E-state index is 9.77. The van der Waals surface area contributed by atoms with Crippen molar-refractivity contribution in [2.75, 3.05) is 18.8 Å². The number of nitrogens with two attached hydrogens (primary N) is 1. The highest BCUT2D eigenvalue weighted by atomic mass is 16.3. The summed E-state index contributed by atoms with van der Waals surface area (Å²) in [4.78, 5) is 6.54. The van der Waals surface area contributed by atoms with Crippen molar-refractivity contribution in [2.45, 2.75) is 32.4 Å². The first-order chi connectivity index (χ1) is 10.1. The molecule has 1 aromatic heterocycles. The van der Waals surface area contributed by atoms with Gasteiger partial charge in [0, 0.05) is 30.7 Å². The normalized spacial score (nSPS) is 19.8. The number of hydrogen-bond acceptors (Lipinski definition) is 4. The molecule has 0 saturated carbocycles. The maximum Gasteiger partial charge on any atom is 0.0995 e. The Bertz CT molecular complexity index is 622. The quantitative estimate of drug-likeness (QED) is 0.843. The zero-order valence-electron chi connectivity index (χ0n) is 12.4. The van der Waals surface area contributed by atoms with Gasteiger partial charge in [0.05, 0.1) is 18.1 Å². The summed E-state index contributed by atoms with van der Waals surface area (Å²) in [6.45, 7) is 4.57. The van der Waals surface area contributed by atoms with Gasteiger partial charge in [-0.3, -0.25) is 4.90 Å². The third-order valence-corrected chi connectivity index (χ3v) is 3.90. The summed E-state index contributed by atoms with van der Waals surface area (Å²) in [5, 5.41) is 9.77. The van der Waals surface area contributed by atoms with E-state index in [1.54, 1.807) is 6.33 Å². The Labute approximate surface area is 125 Å². The molecule has 0 radical (unpaired) electrons. The molecule has 1 unspecified atom stereocenters. The molecule has 3 rings (SSSR count). The van der Waals surface area contributed by atoms with Gasteiger partial charge >= 0.3 is 0 Å². The first-order valence-electron chi connectivity index (χ1n) is 7.41. The van der Waals surface area contributed by atoms with E-state index in [4.69, 9.17) is 5.73 Å². The van der Waals surface area contributed by atoms with E-state index < -0.39 is 0 Å². The zero-order chi connectivity index (χ0) is 14.8. The van der Waals surface area contributed by atoms with Crippen LogP contribution in [0.5, 0.6) is 0 Å². The van der Waals surface area contributed by atoms with Crippen molar-refractivity contribution < 1.29 is 5.11 Å². The van der Waals surface area contributed by atoms with Crippen LogP contribution in [0.4, 0.5) is 5.69 Å². The Morgan fingerprint density at radius 1 is 1.38 bits per heavy atom. The minimum Gasteiger partial charge on any atom is -0.399 e. The topological polar surface area (TPSA) is 67.3 Å². The van der Waals surface area contributed by atoms with Crippen molar-refractivity contribution in [3.63, 3.8) is 0 Å². The summed E-state index contributed by atoms with van der Waals surface area (Å²) in [7, 11) is 0. The van der Waals surface area contributed by atoms with Gasteiger partial charge in [-0.05, 0) is 50.1 Å². The van der Waals surface area contributed by atoms with E-state index in [1.807, 2.05) is 29.8 Å². The Balaban J connectivity index is 1.81. The summed E-state index contributed by atoms with van der Waals surface area (Å²) in [6.07, 6.45) is 5.56. The second kappa shape index (κ2) is 5.87. The fraction of sp³-hybridized carbons (Fsp3) is 0.438. The molecule has 1 atom stereocenters. The van der Waals surface area contributed by atoms with Crippen molar-refractivity contribution in [1.29, 1.82) is 0 Å². The summed E-state index contributed by atoms with van der Waals surface area (Å²) >= 11 is 0. The molecular weight excluding hydrogens is 264 g/mol. The molecule has 5 heteroatoms. The zero-order valence-corrected chi connectivity index (χ0v) is 12.4. The van der Waals surface area contributed by atoms with Crippen LogP contribution in [0.3, 0.4) is 0 Å². The van der Waals surface area contributed by atoms with E-state index in [1.165, 1.54) is 5.56 Å². The van der Waals surface area contributed by atoms with Gasteiger partial charge in [0.15, 0.2) is 0 Å². The minimum atomic E-state index is -0.199. The van der Waals surface area contributed by atoms with Gasteiger partial charge in [-0.15, -0.1) is 0 Å². The van der Waals surface area contributed by atoms with Crippen LogP contribution < -0.4 is 5.73 Å². The lowest BCUT2D eigenvalue weighted by atomic mass is 10.1. The number of piperidine rings is 1. The number of aromatic nitrogens is 2. The number of β-amino-alcohol motifs (C(OH)–C–C–N with tert-alkyl or cyclic N) is 1. The first-order valence-corrected chi connectivity index (χ1v) is 7.41. The van der Waals surface area contributed by atoms with Crippen LogP contribution in [0.2, 0.25) is 0 Å². The molecule has 112 valence electrons. The number of anilines is 1. The van der Waals surface area contributed by atoms with E-state index in [2.05, 4.69) is 16.0 Å². The lowest BCUT2D eigenvalue weighted by Gasteiger charge is -2.30. The number of benzene rings is 1. The van der Waals surface area contributed by atoms with Crippen LogP contribution in [0.25, 0.3) is 5.69 Å². The number of nitrogen functional groups attached to an aromatic ring is 1. The molecule has 1 saturated heterocycles. The molecule has 0 amide bonds. The minimum absolute atomic E-state index is 0.199. The first kappa shape index (κ1) is 14.1. The molecule has 1 aliphatic heterocycles. The van der Waals surface area contributed by atoms with Crippen molar-refractivity contribution in [3.8, 4) is 5.69 Å². The van der Waals surface area contributed by atoms with E-state index in [0.717, 1.165) is 49.5 Å². The standard InChI is InChI=1S/C16H22N4O/c1-12-8-20(11-18-12)15-6-13(5-14(17)7-15)9-19-4-2-3-16(21)10-19/h5-8,11,16,21H,2-4,9-10,17H2,1H3. The molecule has 0 bridgehead atoms. The van der Waals surface area contributed by atoms with Crippen molar-refractivity contribution in [1.82, 2.24) is 14.5 Å². The SMILES string of the molecule is Cc1cn(-c2cc(N)cc(CN3CCCC(O)C3)c2)cn1. The predicted octanol–water partition coefficient (Wildman–Crippen LogP) is 1.72. The largest absolute Gasteiger partial charge is 0.399 e. The summed E-state index contributed by atoms with van der Waals surface area (Å²) in [5.41, 5.74) is 9.98. The molecule has 1 fully saturated rings. The smallest absolute Gasteiger partial charge is 0.0995 e. The van der Waals surface area contributed by atoms with Crippen molar-refractivity contribution in [2.24, 2.45) is 0 Å². The molecule has 5 nitrogen and oxygen atoms in total. The predicted molar refractivity (Wildman–Crippen MR) is 83.2 cm³/mol. The van der Waals surface area contributed by atoms with Crippen molar-refractivity contribution in [3.05, 3.63) is 42.0 Å². The Hall–Kier alpha value is -1.85. The lowest BCUT2D eigenvalue weighted by Crippen LogP contribution is -2.37. The lowest BCUT2D eigenvalue weighted by molar-refractivity contribution is 0.0668. The fourth-order valence-corrected chi connectivity index (χ4v) is 2.94. The maximum absolute atomic E-state index is 9.77. The van der Waals surface area contributed by atoms with Gasteiger partial charge in [-0.1, -0.05) is 0 Å². The van der Waals surface area contributed by atoms with Crippen LogP contribution in [0.15, 0.2) is 30.7 Å². The third kappa shape index (κ3) is 3.43. The summed E-state index contributed by atoms with van der Waals surface area (Å²) < 4.78 is 1.99. The highest BCUT2D eigenvalue weighted by Gasteiger charge is 2.17. The van der Waals surface area contributed by atoms with E-state index in [9.17, 15) is 5.11 Å². The molecule has 0 spiro atoms. The molecule has 1 aliphatic rings. The number of aliphatic hydroxyl groups is 1. The van der Waals surface area contributed by atoms with E-state index in [0.29, 0.717) is 0 Å². The van der Waals surface area contributed by atoms with Crippen LogP contribution in [-0.4, -0.2) is 38.8 Å². The molecule has 2 aromatic rings. The molecule has 0 aliphatic carbocycles. The Morgan fingerprint density at radius 2 is 2.24 bits per heavy atom. The molecule has 21 heavy (non-hydrogen) atoms. The third-order valence-electron chi connectivity index (χ3n) is 3.90. The second-order valence-corrected chi connectivity index (χ2v) is 5.89. The number of likely N-dealkylation sites (tertiary alicyclic amines) is 1. The average Bonchev–Trinajstić information content (AvgIpc) is 2.85. The summed E-state index contributed by atoms with van der Waals surface area (Å²) in [6, 6.07) is 6.10. The average molecular weight is 286 g/mol. The second-order valence-electron chi connectivity index (χ2n) is 5.89. The summed E-state index contributed by atoms with van der Waals surface area (Å²) in [5.74, 6) is 0. The number of nitrogens with zero attached hydrogens (tertiary/aromatic N) is 3. The van der Waals surface area contributed by atoms with Crippen molar-refractivity contribution >= 4 is 5.69 Å². The van der Waals surface area contributed by atoms with Gasteiger partial charge in [0.1, 0.15) is 0 Å². The number of hydrogen-bond donors (Lipinski definition) is 2. The monoisotopic (exact) mass is 286 g/mol. The van der Waals surface area contributed by atoms with Crippen LogP contribution in [-0.2, 0) is 6.54 Å². The van der Waals surface area contributed by atoms with Gasteiger partial charge in [0.2, 0.25) is 0 Å². The van der Waals surface area contributed by atoms with Gasteiger partial charge < -0.3 is 15.4 Å². The molecule has 3 N–H and O–H groups in total. The molecular formula is C16H22N4O. The number of aryl methyl sites for hydroxylation is 1. The molecule has 2 heterocycles. The highest BCUT2D eigenvalue weighted by Crippen LogP contribution is 2.20. The van der Waals surface area contributed by atoms with E-state index >= 15 is 0 Å². The fourth-order valence-electron chi connectivity index (χ4n) is 2.94. The Morgan fingerprint density at radius 3 is 2.95 bits per heavy atom.